The van der Waals surface area contributed by atoms with Gasteiger partial charge in [0.05, 0.1) is 23.9 Å². The molecule has 0 unspecified atom stereocenters. The number of benzene rings is 3. The van der Waals surface area contributed by atoms with Crippen molar-refractivity contribution >= 4 is 17.6 Å². The Morgan fingerprint density at radius 2 is 1.55 bits per heavy atom. The van der Waals surface area contributed by atoms with Crippen LogP contribution in [-0.2, 0) is 6.54 Å². The van der Waals surface area contributed by atoms with Crippen molar-refractivity contribution in [3.8, 4) is 22.4 Å². The van der Waals surface area contributed by atoms with Crippen LogP contribution in [0.5, 0.6) is 0 Å². The lowest BCUT2D eigenvalue weighted by atomic mass is 9.98. The zero-order chi connectivity index (χ0) is 22.0. The number of anilines is 1. The lowest BCUT2D eigenvalue weighted by Gasteiger charge is -2.09. The van der Waals surface area contributed by atoms with Gasteiger partial charge in [0.25, 0.3) is 0 Å². The molecule has 0 spiro atoms. The summed E-state index contributed by atoms with van der Waals surface area (Å²) < 4.78 is 1.62. The summed E-state index contributed by atoms with van der Waals surface area (Å²) in [5.74, 6) is -2.12. The average molecular weight is 414 g/mol. The molecule has 0 atom stereocenters. The Kier molecular flexibility index (Phi) is 5.19. The van der Waals surface area contributed by atoms with Crippen LogP contribution in [-0.4, -0.2) is 37.1 Å². The maximum Gasteiger partial charge on any atom is 0.335 e. The van der Waals surface area contributed by atoms with E-state index in [-0.39, 0.29) is 11.1 Å². The SMILES string of the molecule is Nc1ccc(-c2cn(Cc3cc(C(=O)O)cc(-c4cccc(C(=O)O)c4)c3)nn2)cc1. The van der Waals surface area contributed by atoms with Gasteiger partial charge in [0.1, 0.15) is 5.69 Å². The second-order valence-electron chi connectivity index (χ2n) is 7.03. The third-order valence-electron chi connectivity index (χ3n) is 4.77. The number of aromatic nitrogens is 3. The molecule has 0 amide bonds. The lowest BCUT2D eigenvalue weighted by Crippen LogP contribution is -2.04. The van der Waals surface area contributed by atoms with Gasteiger partial charge in [-0.05, 0) is 59.2 Å². The van der Waals surface area contributed by atoms with Crippen LogP contribution in [0.2, 0.25) is 0 Å². The van der Waals surface area contributed by atoms with E-state index in [1.165, 1.54) is 18.2 Å². The fourth-order valence-electron chi connectivity index (χ4n) is 3.25. The molecule has 0 aliphatic rings. The molecule has 3 aromatic carbocycles. The van der Waals surface area contributed by atoms with E-state index in [0.717, 1.165) is 5.56 Å². The minimum absolute atomic E-state index is 0.104. The highest BCUT2D eigenvalue weighted by molar-refractivity contribution is 5.91. The van der Waals surface area contributed by atoms with Crippen molar-refractivity contribution in [1.29, 1.82) is 0 Å². The minimum atomic E-state index is -1.07. The zero-order valence-electron chi connectivity index (χ0n) is 16.3. The van der Waals surface area contributed by atoms with Gasteiger partial charge in [0.15, 0.2) is 0 Å². The molecule has 0 saturated heterocycles. The number of nitrogens with two attached hydrogens (primary N) is 1. The average Bonchev–Trinajstić information content (AvgIpc) is 3.22. The Hall–Kier alpha value is -4.46. The lowest BCUT2D eigenvalue weighted by molar-refractivity contribution is 0.0686. The summed E-state index contributed by atoms with van der Waals surface area (Å²) in [6.07, 6.45) is 1.77. The molecule has 0 saturated carbocycles. The molecule has 4 N–H and O–H groups in total. The Labute approximate surface area is 177 Å². The van der Waals surface area contributed by atoms with Crippen LogP contribution < -0.4 is 5.73 Å². The number of carboxylic acid groups (broad SMARTS) is 2. The second kappa shape index (κ2) is 8.11. The van der Waals surface area contributed by atoms with Crippen molar-refractivity contribution in [3.63, 3.8) is 0 Å². The van der Waals surface area contributed by atoms with Crippen molar-refractivity contribution in [2.75, 3.05) is 5.73 Å². The van der Waals surface area contributed by atoms with E-state index in [1.807, 2.05) is 18.2 Å². The Morgan fingerprint density at radius 1 is 0.839 bits per heavy atom. The first kappa shape index (κ1) is 19.8. The van der Waals surface area contributed by atoms with E-state index in [9.17, 15) is 19.8 Å². The molecule has 0 bridgehead atoms. The van der Waals surface area contributed by atoms with Gasteiger partial charge in [-0.2, -0.15) is 0 Å². The fraction of sp³-hybridized carbons (Fsp3) is 0.0435. The topological polar surface area (TPSA) is 131 Å². The van der Waals surface area contributed by atoms with Crippen molar-refractivity contribution in [2.24, 2.45) is 0 Å². The second-order valence-corrected chi connectivity index (χ2v) is 7.03. The number of carboxylic acids is 2. The standard InChI is InChI=1S/C23H18N4O4/c24-20-6-4-15(5-7-20)21-13-27(26-25-21)12-14-8-18(11-19(9-14)23(30)31)16-2-1-3-17(10-16)22(28)29/h1-11,13H,12,24H2,(H,28,29)(H,30,31). The van der Waals surface area contributed by atoms with Gasteiger partial charge in [0, 0.05) is 11.3 Å². The molecule has 0 radical (unpaired) electrons. The highest BCUT2D eigenvalue weighted by Gasteiger charge is 2.12. The Bertz CT molecular complexity index is 1280. The molecule has 1 heterocycles. The number of carbonyl (C=O) groups is 2. The van der Waals surface area contributed by atoms with Crippen LogP contribution in [0.4, 0.5) is 5.69 Å². The molecule has 0 fully saturated rings. The van der Waals surface area contributed by atoms with Crippen molar-refractivity contribution in [1.82, 2.24) is 15.0 Å². The third-order valence-corrected chi connectivity index (χ3v) is 4.77. The van der Waals surface area contributed by atoms with Gasteiger partial charge < -0.3 is 15.9 Å². The molecule has 0 aliphatic carbocycles. The number of hydrogen-bond acceptors (Lipinski definition) is 5. The predicted octanol–water partition coefficient (Wildman–Crippen LogP) is 3.64. The normalized spacial score (nSPS) is 10.7. The largest absolute Gasteiger partial charge is 0.478 e. The summed E-state index contributed by atoms with van der Waals surface area (Å²) in [7, 11) is 0. The highest BCUT2D eigenvalue weighted by Crippen LogP contribution is 2.25. The van der Waals surface area contributed by atoms with E-state index in [1.54, 1.807) is 41.2 Å². The van der Waals surface area contributed by atoms with E-state index in [2.05, 4.69) is 10.3 Å². The van der Waals surface area contributed by atoms with Gasteiger partial charge in [-0.3, -0.25) is 0 Å². The van der Waals surface area contributed by atoms with E-state index >= 15 is 0 Å². The Morgan fingerprint density at radius 3 is 2.26 bits per heavy atom. The summed E-state index contributed by atoms with van der Waals surface area (Å²) in [5.41, 5.74) is 10.1. The van der Waals surface area contributed by atoms with Gasteiger partial charge in [-0.1, -0.05) is 29.5 Å². The molecule has 0 aliphatic heterocycles. The zero-order valence-corrected chi connectivity index (χ0v) is 16.3. The molecule has 4 aromatic rings. The molecule has 8 heteroatoms. The van der Waals surface area contributed by atoms with Gasteiger partial charge in [-0.15, -0.1) is 5.10 Å². The molecule has 8 nitrogen and oxygen atoms in total. The monoisotopic (exact) mass is 414 g/mol. The van der Waals surface area contributed by atoms with Gasteiger partial charge >= 0.3 is 11.9 Å². The Balaban J connectivity index is 1.67. The molecular weight excluding hydrogens is 396 g/mol. The fourth-order valence-corrected chi connectivity index (χ4v) is 3.25. The smallest absolute Gasteiger partial charge is 0.335 e. The summed E-state index contributed by atoms with van der Waals surface area (Å²) in [6, 6.07) is 18.5. The number of rotatable bonds is 6. The first-order chi connectivity index (χ1) is 14.9. The minimum Gasteiger partial charge on any atom is -0.478 e. The first-order valence-electron chi connectivity index (χ1n) is 9.36. The molecule has 4 rings (SSSR count). The molecule has 31 heavy (non-hydrogen) atoms. The van der Waals surface area contributed by atoms with Crippen LogP contribution in [0.25, 0.3) is 22.4 Å². The van der Waals surface area contributed by atoms with E-state index < -0.39 is 11.9 Å². The maximum atomic E-state index is 11.6. The van der Waals surface area contributed by atoms with Crippen LogP contribution >= 0.6 is 0 Å². The summed E-state index contributed by atoms with van der Waals surface area (Å²) >= 11 is 0. The van der Waals surface area contributed by atoms with E-state index in [0.29, 0.717) is 34.6 Å². The first-order valence-corrected chi connectivity index (χ1v) is 9.36. The van der Waals surface area contributed by atoms with Crippen LogP contribution in [0, 0.1) is 0 Å². The van der Waals surface area contributed by atoms with Crippen molar-refractivity contribution in [2.45, 2.75) is 6.54 Å². The van der Waals surface area contributed by atoms with Gasteiger partial charge in [0.2, 0.25) is 0 Å². The third kappa shape index (κ3) is 4.43. The quantitative estimate of drug-likeness (QED) is 0.410. The van der Waals surface area contributed by atoms with Crippen LogP contribution in [0.3, 0.4) is 0 Å². The number of nitrogen functional groups attached to an aromatic ring is 1. The molecule has 1 aromatic heterocycles. The van der Waals surface area contributed by atoms with Crippen LogP contribution in [0.1, 0.15) is 26.3 Å². The number of hydrogen-bond donors (Lipinski definition) is 3. The highest BCUT2D eigenvalue weighted by atomic mass is 16.4. The molecular formula is C23H18N4O4. The maximum absolute atomic E-state index is 11.6. The predicted molar refractivity (Wildman–Crippen MR) is 115 cm³/mol. The van der Waals surface area contributed by atoms with Crippen molar-refractivity contribution < 1.29 is 19.8 Å². The van der Waals surface area contributed by atoms with Crippen molar-refractivity contribution in [3.05, 3.63) is 89.6 Å². The van der Waals surface area contributed by atoms with Gasteiger partial charge in [-0.25, -0.2) is 14.3 Å². The molecule has 154 valence electrons. The summed E-state index contributed by atoms with van der Waals surface area (Å²) in [5, 5.41) is 27.1. The summed E-state index contributed by atoms with van der Waals surface area (Å²) in [4.78, 5) is 22.9. The number of aromatic carboxylic acids is 2. The van der Waals surface area contributed by atoms with Crippen LogP contribution in [0.15, 0.2) is 72.9 Å². The summed E-state index contributed by atoms with van der Waals surface area (Å²) in [6.45, 7) is 0.300. The number of nitrogens with zero attached hydrogens (tertiary/aromatic N) is 3. The van der Waals surface area contributed by atoms with E-state index in [4.69, 9.17) is 5.73 Å².